The fourth-order valence-corrected chi connectivity index (χ4v) is 5.45. The number of nitrogens with one attached hydrogen (secondary N) is 2. The molecule has 0 radical (unpaired) electrons. The molecule has 39 heavy (non-hydrogen) atoms. The Hall–Kier alpha value is -3.26. The van der Waals surface area contributed by atoms with Gasteiger partial charge in [-0.05, 0) is 52.4 Å². The Morgan fingerprint density at radius 1 is 0.744 bits per heavy atom. The Morgan fingerprint density at radius 3 is 1.74 bits per heavy atom. The van der Waals surface area contributed by atoms with Gasteiger partial charge in [0.25, 0.3) is 0 Å². The van der Waals surface area contributed by atoms with Gasteiger partial charge in [0.1, 0.15) is 0 Å². The molecule has 2 heterocycles. The highest BCUT2D eigenvalue weighted by Gasteiger charge is 2.07. The van der Waals surface area contributed by atoms with Crippen molar-refractivity contribution in [1.29, 1.82) is 0 Å². The number of hydrogen-bond donors (Lipinski definition) is 6. The van der Waals surface area contributed by atoms with Crippen LogP contribution < -0.4 is 33.6 Å². The molecule has 0 atom stereocenters. The van der Waals surface area contributed by atoms with E-state index in [-0.39, 0.29) is 23.7 Å². The number of anilines is 2. The number of nitrogen functional groups attached to an aromatic ring is 2. The van der Waals surface area contributed by atoms with Crippen molar-refractivity contribution in [2.45, 2.75) is 84.5 Å². The second-order valence-corrected chi connectivity index (χ2v) is 11.6. The number of carbonyl (C=O) groups is 2. The number of aryl methyl sites for hydroxylation is 4. The summed E-state index contributed by atoms with van der Waals surface area (Å²) in [5.74, 6) is 0.0136. The van der Waals surface area contributed by atoms with Crippen LogP contribution in [0.15, 0.2) is 9.98 Å². The molecule has 2 aromatic heterocycles. The van der Waals surface area contributed by atoms with E-state index in [4.69, 9.17) is 22.9 Å². The summed E-state index contributed by atoms with van der Waals surface area (Å²) in [6.45, 7) is 4.98. The van der Waals surface area contributed by atoms with Gasteiger partial charge < -0.3 is 22.9 Å². The summed E-state index contributed by atoms with van der Waals surface area (Å²) >= 11 is 2.97. The van der Waals surface area contributed by atoms with Gasteiger partial charge in [0, 0.05) is 35.7 Å². The summed E-state index contributed by atoms with van der Waals surface area (Å²) in [6, 6.07) is 0. The molecule has 2 rings (SSSR count). The third-order valence-electron chi connectivity index (χ3n) is 5.86. The van der Waals surface area contributed by atoms with Crippen LogP contribution in [-0.2, 0) is 22.4 Å². The number of aliphatic imine (C=N–C) groups is 2. The smallest absolute Gasteiger partial charge is 0.226 e. The fourth-order valence-electron chi connectivity index (χ4n) is 3.84. The maximum absolute atomic E-state index is 12.0. The second-order valence-electron chi connectivity index (χ2n) is 9.22. The van der Waals surface area contributed by atoms with E-state index in [0.717, 1.165) is 78.9 Å². The van der Waals surface area contributed by atoms with Crippen molar-refractivity contribution < 1.29 is 9.59 Å². The van der Waals surface area contributed by atoms with Crippen molar-refractivity contribution in [2.75, 3.05) is 24.6 Å². The van der Waals surface area contributed by atoms with E-state index in [1.54, 1.807) is 0 Å². The molecule has 0 saturated carbocycles. The van der Waals surface area contributed by atoms with Gasteiger partial charge in [0.2, 0.25) is 11.8 Å². The fraction of sp³-hybridized carbons (Fsp3) is 0.600. The van der Waals surface area contributed by atoms with Crippen LogP contribution >= 0.6 is 22.7 Å². The molecule has 0 aromatic carbocycles. The first-order valence-corrected chi connectivity index (χ1v) is 14.9. The third kappa shape index (κ3) is 13.4. The maximum Gasteiger partial charge on any atom is 0.226 e. The van der Waals surface area contributed by atoms with E-state index in [1.165, 1.54) is 22.7 Å². The number of nitrogens with two attached hydrogens (primary N) is 4. The predicted octanol–water partition coefficient (Wildman–Crippen LogP) is 2.54. The number of amides is 2. The lowest BCUT2D eigenvalue weighted by atomic mass is 10.1. The lowest BCUT2D eigenvalue weighted by molar-refractivity contribution is -0.120. The third-order valence-corrected chi connectivity index (χ3v) is 7.75. The normalized spacial score (nSPS) is 12.1. The molecular formula is C25H42N10O2S2. The van der Waals surface area contributed by atoms with Crippen molar-refractivity contribution in [3.05, 3.63) is 21.1 Å². The second kappa shape index (κ2) is 17.4. The number of guanidine groups is 2. The first kappa shape index (κ1) is 32.0. The summed E-state index contributed by atoms with van der Waals surface area (Å²) in [6.07, 6.45) is 8.21. The van der Waals surface area contributed by atoms with E-state index in [1.807, 2.05) is 13.8 Å². The summed E-state index contributed by atoms with van der Waals surface area (Å²) in [4.78, 5) is 43.3. The van der Waals surface area contributed by atoms with Crippen molar-refractivity contribution >= 4 is 56.7 Å². The lowest BCUT2D eigenvalue weighted by Gasteiger charge is -2.06. The molecule has 0 fully saturated rings. The molecule has 12 nitrogen and oxygen atoms in total. The molecule has 0 saturated heterocycles. The zero-order valence-electron chi connectivity index (χ0n) is 22.9. The van der Waals surface area contributed by atoms with Crippen molar-refractivity contribution in [1.82, 2.24) is 20.6 Å². The van der Waals surface area contributed by atoms with Crippen LogP contribution in [0.1, 0.15) is 78.9 Å². The molecule has 216 valence electrons. The Bertz CT molecular complexity index is 1040. The average molecular weight is 579 g/mol. The average Bonchev–Trinajstić information content (AvgIpc) is 3.36. The molecule has 2 amide bonds. The Kier molecular flexibility index (Phi) is 14.2. The van der Waals surface area contributed by atoms with Gasteiger partial charge in [-0.3, -0.25) is 30.2 Å². The van der Waals surface area contributed by atoms with E-state index in [0.29, 0.717) is 36.2 Å². The monoisotopic (exact) mass is 578 g/mol. The Labute approximate surface area is 238 Å². The van der Waals surface area contributed by atoms with Gasteiger partial charge in [-0.1, -0.05) is 19.3 Å². The molecule has 0 bridgehead atoms. The quantitative estimate of drug-likeness (QED) is 0.0986. The van der Waals surface area contributed by atoms with Gasteiger partial charge in [-0.15, -0.1) is 22.7 Å². The number of carbonyl (C=O) groups excluding carboxylic acids is 2. The number of rotatable bonds is 16. The molecule has 10 N–H and O–H groups in total. The zero-order valence-corrected chi connectivity index (χ0v) is 24.6. The van der Waals surface area contributed by atoms with Gasteiger partial charge in [0.05, 0.1) is 11.4 Å². The predicted molar refractivity (Wildman–Crippen MR) is 161 cm³/mol. The minimum Gasteiger partial charge on any atom is -0.375 e. The number of nitrogens with zero attached hydrogens (tertiary/aromatic N) is 4. The maximum atomic E-state index is 12.0. The first-order valence-electron chi connectivity index (χ1n) is 13.3. The largest absolute Gasteiger partial charge is 0.375 e. The number of unbranched alkanes of at least 4 members (excludes halogenated alkanes) is 4. The minimum absolute atomic E-state index is 0.137. The van der Waals surface area contributed by atoms with Crippen LogP contribution in [0, 0.1) is 13.8 Å². The van der Waals surface area contributed by atoms with Crippen molar-refractivity contribution in [3.8, 4) is 0 Å². The number of thiazole rings is 2. The molecule has 0 aliphatic rings. The topological polar surface area (TPSA) is 213 Å². The van der Waals surface area contributed by atoms with Crippen LogP contribution in [0.3, 0.4) is 0 Å². The number of aromatic nitrogens is 2. The first-order chi connectivity index (χ1) is 18.6. The van der Waals surface area contributed by atoms with Crippen LogP contribution in [0.4, 0.5) is 10.3 Å². The van der Waals surface area contributed by atoms with E-state index in [2.05, 4.69) is 30.6 Å². The zero-order chi connectivity index (χ0) is 28.6. The van der Waals surface area contributed by atoms with Gasteiger partial charge >= 0.3 is 0 Å². The van der Waals surface area contributed by atoms with Gasteiger partial charge in [0.15, 0.2) is 22.2 Å². The van der Waals surface area contributed by atoms with Crippen LogP contribution in [-0.4, -0.2) is 46.8 Å². The molecule has 2 aromatic rings. The van der Waals surface area contributed by atoms with Crippen LogP contribution in [0.25, 0.3) is 0 Å². The molecular weight excluding hydrogens is 536 g/mol. The lowest BCUT2D eigenvalue weighted by Crippen LogP contribution is -2.36. The standard InChI is InChI=1S/C25H42N10O2S2/c1-16-19(39-24(28)32-16)11-9-15-31-23(27)35-21(37)13-7-5-3-4-6-12-20(36)34-22(26)30-14-8-10-18-17(2)38-25(29)33-18/h3-15H2,1-2H3,(H2,28,32)(H2,29,33)(H3,26,30,34,36)(H3,27,31,35,37). The van der Waals surface area contributed by atoms with E-state index in [9.17, 15) is 9.59 Å². The van der Waals surface area contributed by atoms with Gasteiger partial charge in [-0.25, -0.2) is 9.97 Å². The van der Waals surface area contributed by atoms with Gasteiger partial charge in [-0.2, -0.15) is 0 Å². The summed E-state index contributed by atoms with van der Waals surface area (Å²) in [5.41, 5.74) is 25.0. The summed E-state index contributed by atoms with van der Waals surface area (Å²) in [7, 11) is 0. The molecule has 0 spiro atoms. The highest BCUT2D eigenvalue weighted by Crippen LogP contribution is 2.21. The Balaban J connectivity index is 1.45. The minimum atomic E-state index is -0.139. The van der Waals surface area contributed by atoms with E-state index < -0.39 is 0 Å². The van der Waals surface area contributed by atoms with E-state index >= 15 is 0 Å². The van der Waals surface area contributed by atoms with Crippen molar-refractivity contribution in [3.63, 3.8) is 0 Å². The summed E-state index contributed by atoms with van der Waals surface area (Å²) in [5, 5.41) is 6.42. The molecule has 0 aliphatic carbocycles. The molecule has 0 aliphatic heterocycles. The summed E-state index contributed by atoms with van der Waals surface area (Å²) < 4.78 is 0. The SMILES string of the molecule is Cc1nc(N)sc1CCCN=C(N)NC(=O)CCCCCCCC(=O)NC(N)=NCCCc1nc(N)sc1C. The van der Waals surface area contributed by atoms with Crippen LogP contribution in [0.5, 0.6) is 0 Å². The van der Waals surface area contributed by atoms with Crippen molar-refractivity contribution in [2.24, 2.45) is 21.5 Å². The highest BCUT2D eigenvalue weighted by molar-refractivity contribution is 7.15. The highest BCUT2D eigenvalue weighted by atomic mass is 32.1. The molecule has 14 heteroatoms. The molecule has 0 unspecified atom stereocenters. The Morgan fingerprint density at radius 2 is 1.26 bits per heavy atom. The number of hydrogen-bond acceptors (Lipinski definition) is 10. The van der Waals surface area contributed by atoms with Crippen LogP contribution in [0.2, 0.25) is 0 Å².